The fraction of sp³-hybridized carbons (Fsp3) is 0.667. The van der Waals surface area contributed by atoms with Crippen LogP contribution in [0.2, 0.25) is 0 Å². The normalized spacial score (nSPS) is 34.1. The molecule has 15 heavy (non-hydrogen) atoms. The van der Waals surface area contributed by atoms with Crippen LogP contribution < -0.4 is 5.32 Å². The lowest BCUT2D eigenvalue weighted by atomic mass is 10.1. The molecule has 2 unspecified atom stereocenters. The van der Waals surface area contributed by atoms with Gasteiger partial charge in [0.1, 0.15) is 5.76 Å². The number of hydrogen-bond acceptors (Lipinski definition) is 3. The first-order valence-corrected chi connectivity index (χ1v) is 5.83. The van der Waals surface area contributed by atoms with Crippen LogP contribution in [0, 0.1) is 0 Å². The van der Waals surface area contributed by atoms with E-state index in [1.807, 2.05) is 0 Å². The summed E-state index contributed by atoms with van der Waals surface area (Å²) in [5.74, 6) is 1.08. The van der Waals surface area contributed by atoms with E-state index < -0.39 is 0 Å². The summed E-state index contributed by atoms with van der Waals surface area (Å²) in [5, 5.41) is 3.53. The van der Waals surface area contributed by atoms with Gasteiger partial charge in [-0.1, -0.05) is 6.08 Å². The first-order chi connectivity index (χ1) is 7.38. The number of methoxy groups -OCH3 is 1. The van der Waals surface area contributed by atoms with Gasteiger partial charge in [-0.3, -0.25) is 0 Å². The smallest absolute Gasteiger partial charge is 0.137 e. The second-order valence-electron chi connectivity index (χ2n) is 4.59. The van der Waals surface area contributed by atoms with Crippen molar-refractivity contribution in [3.63, 3.8) is 0 Å². The van der Waals surface area contributed by atoms with Crippen LogP contribution in [0.1, 0.15) is 19.3 Å². The maximum atomic E-state index is 5.45. The van der Waals surface area contributed by atoms with Gasteiger partial charge in [-0.15, -0.1) is 0 Å². The molecule has 82 valence electrons. The monoisotopic (exact) mass is 206 g/mol. The van der Waals surface area contributed by atoms with E-state index in [-0.39, 0.29) is 0 Å². The molecule has 2 atom stereocenters. The number of rotatable bonds is 2. The molecule has 0 aromatic heterocycles. The quantitative estimate of drug-likeness (QED) is 0.735. The van der Waals surface area contributed by atoms with Crippen molar-refractivity contribution >= 4 is 0 Å². The Bertz CT molecular complexity index is 322. The molecular weight excluding hydrogens is 188 g/mol. The van der Waals surface area contributed by atoms with E-state index in [1.54, 1.807) is 7.11 Å². The predicted octanol–water partition coefficient (Wildman–Crippen LogP) is 1.24. The molecule has 2 saturated heterocycles. The number of nitrogens with one attached hydrogen (secondary N) is 1. The summed E-state index contributed by atoms with van der Waals surface area (Å²) in [7, 11) is 1.78. The van der Waals surface area contributed by atoms with E-state index in [4.69, 9.17) is 4.74 Å². The van der Waals surface area contributed by atoms with Crippen molar-refractivity contribution in [3.05, 3.63) is 23.6 Å². The van der Waals surface area contributed by atoms with Gasteiger partial charge < -0.3 is 15.0 Å². The summed E-state index contributed by atoms with van der Waals surface area (Å²) in [4.78, 5) is 2.52. The van der Waals surface area contributed by atoms with Gasteiger partial charge >= 0.3 is 0 Å². The van der Waals surface area contributed by atoms with Crippen molar-refractivity contribution in [3.8, 4) is 0 Å². The van der Waals surface area contributed by atoms with Gasteiger partial charge in [0.15, 0.2) is 0 Å². The van der Waals surface area contributed by atoms with Gasteiger partial charge in [0, 0.05) is 25.2 Å². The van der Waals surface area contributed by atoms with Gasteiger partial charge in [0.25, 0.3) is 0 Å². The largest absolute Gasteiger partial charge is 0.495 e. The molecule has 0 spiro atoms. The zero-order valence-electron chi connectivity index (χ0n) is 9.20. The predicted molar refractivity (Wildman–Crippen MR) is 59.3 cm³/mol. The minimum atomic E-state index is 0.692. The molecule has 0 aromatic rings. The second-order valence-corrected chi connectivity index (χ2v) is 4.59. The Balaban J connectivity index is 1.82. The van der Waals surface area contributed by atoms with E-state index >= 15 is 0 Å². The average molecular weight is 206 g/mol. The minimum Gasteiger partial charge on any atom is -0.495 e. The van der Waals surface area contributed by atoms with E-state index in [0.29, 0.717) is 12.1 Å². The van der Waals surface area contributed by atoms with Gasteiger partial charge in [-0.05, 0) is 25.3 Å². The van der Waals surface area contributed by atoms with Crippen molar-refractivity contribution in [2.24, 2.45) is 0 Å². The van der Waals surface area contributed by atoms with E-state index in [9.17, 15) is 0 Å². The fourth-order valence-corrected chi connectivity index (χ4v) is 2.94. The first kappa shape index (κ1) is 9.28. The first-order valence-electron chi connectivity index (χ1n) is 5.83. The highest BCUT2D eigenvalue weighted by atomic mass is 16.5. The van der Waals surface area contributed by atoms with E-state index in [1.165, 1.54) is 12.1 Å². The highest BCUT2D eigenvalue weighted by Gasteiger charge is 2.39. The molecular formula is C12H18N2O. The molecule has 3 nitrogen and oxygen atoms in total. The van der Waals surface area contributed by atoms with Gasteiger partial charge in [-0.25, -0.2) is 0 Å². The lowest BCUT2D eigenvalue weighted by Crippen LogP contribution is -2.43. The Kier molecular flexibility index (Phi) is 2.20. The number of hydrogen-bond donors (Lipinski definition) is 1. The van der Waals surface area contributed by atoms with Crippen LogP contribution in [0.3, 0.4) is 0 Å². The average Bonchev–Trinajstić information content (AvgIpc) is 2.90. The third-order valence-electron chi connectivity index (χ3n) is 3.67. The molecule has 3 heteroatoms. The van der Waals surface area contributed by atoms with Crippen LogP contribution in [-0.2, 0) is 4.74 Å². The van der Waals surface area contributed by atoms with Crippen molar-refractivity contribution in [1.82, 2.24) is 10.2 Å². The Hall–Kier alpha value is -0.960. The third-order valence-corrected chi connectivity index (χ3v) is 3.67. The fourth-order valence-electron chi connectivity index (χ4n) is 2.94. The van der Waals surface area contributed by atoms with Crippen LogP contribution in [0.4, 0.5) is 0 Å². The van der Waals surface area contributed by atoms with Crippen LogP contribution in [0.5, 0.6) is 0 Å². The standard InChI is InChI=1S/C12H18N2O/c1-15-12-5-3-2-4-11(12)14-8-9-6-10(14)7-13-9/h4-5,9-10,13H,2-3,6-8H2,1H3. The maximum Gasteiger partial charge on any atom is 0.137 e. The summed E-state index contributed by atoms with van der Waals surface area (Å²) < 4.78 is 5.45. The Labute approximate surface area is 90.8 Å². The number of fused-ring (bicyclic) bond motifs is 2. The van der Waals surface area contributed by atoms with Crippen LogP contribution in [0.25, 0.3) is 0 Å². The lowest BCUT2D eigenvalue weighted by molar-refractivity contribution is 0.228. The van der Waals surface area contributed by atoms with Gasteiger partial charge in [0.05, 0.1) is 12.8 Å². The molecule has 1 aliphatic carbocycles. The minimum absolute atomic E-state index is 0.692. The number of likely N-dealkylation sites (tertiary alicyclic amines) is 1. The molecule has 2 heterocycles. The topological polar surface area (TPSA) is 24.5 Å². The number of nitrogens with zero attached hydrogens (tertiary/aromatic N) is 1. The molecule has 0 aromatic carbocycles. The molecule has 2 bridgehead atoms. The zero-order chi connectivity index (χ0) is 10.3. The molecule has 3 rings (SSSR count). The highest BCUT2D eigenvalue weighted by Crippen LogP contribution is 2.32. The number of ether oxygens (including phenoxy) is 1. The molecule has 0 saturated carbocycles. The van der Waals surface area contributed by atoms with Gasteiger partial charge in [-0.2, -0.15) is 0 Å². The Morgan fingerprint density at radius 3 is 2.93 bits per heavy atom. The molecule has 1 N–H and O–H groups in total. The number of allylic oxidation sites excluding steroid dienone is 2. The second kappa shape index (κ2) is 3.56. The summed E-state index contributed by atoms with van der Waals surface area (Å²) in [6, 6.07) is 1.40. The Morgan fingerprint density at radius 2 is 2.27 bits per heavy atom. The summed E-state index contributed by atoms with van der Waals surface area (Å²) in [6.07, 6.45) is 8.12. The molecule has 2 aliphatic heterocycles. The maximum absolute atomic E-state index is 5.45. The van der Waals surface area contributed by atoms with Crippen molar-refractivity contribution in [1.29, 1.82) is 0 Å². The lowest BCUT2D eigenvalue weighted by Gasteiger charge is -2.33. The van der Waals surface area contributed by atoms with Crippen molar-refractivity contribution in [2.75, 3.05) is 20.2 Å². The molecule has 2 fully saturated rings. The van der Waals surface area contributed by atoms with E-state index in [2.05, 4.69) is 22.4 Å². The number of piperazine rings is 1. The summed E-state index contributed by atoms with van der Waals surface area (Å²) in [5.41, 5.74) is 1.33. The summed E-state index contributed by atoms with van der Waals surface area (Å²) >= 11 is 0. The van der Waals surface area contributed by atoms with Gasteiger partial charge in [0.2, 0.25) is 0 Å². The van der Waals surface area contributed by atoms with Crippen molar-refractivity contribution in [2.45, 2.75) is 31.3 Å². The zero-order valence-corrected chi connectivity index (χ0v) is 9.20. The third kappa shape index (κ3) is 1.46. The van der Waals surface area contributed by atoms with Crippen molar-refractivity contribution < 1.29 is 4.74 Å². The molecule has 3 aliphatic rings. The Morgan fingerprint density at radius 1 is 1.40 bits per heavy atom. The highest BCUT2D eigenvalue weighted by molar-refractivity contribution is 5.30. The van der Waals surface area contributed by atoms with Crippen LogP contribution in [-0.4, -0.2) is 37.2 Å². The molecule has 0 radical (unpaired) electrons. The summed E-state index contributed by atoms with van der Waals surface area (Å²) in [6.45, 7) is 2.29. The van der Waals surface area contributed by atoms with Crippen LogP contribution >= 0.6 is 0 Å². The van der Waals surface area contributed by atoms with E-state index in [0.717, 1.165) is 31.7 Å². The SMILES string of the molecule is COC1=CCCC=C1N1CC2CC1CN2. The molecule has 0 amide bonds. The van der Waals surface area contributed by atoms with Crippen LogP contribution in [0.15, 0.2) is 23.6 Å².